The first-order chi connectivity index (χ1) is 11.9. The lowest BCUT2D eigenvalue weighted by Gasteiger charge is -2.11. The van der Waals surface area contributed by atoms with E-state index in [4.69, 9.17) is 14.0 Å². The van der Waals surface area contributed by atoms with E-state index < -0.39 is 10.0 Å². The van der Waals surface area contributed by atoms with Crippen LogP contribution in [0.25, 0.3) is 10.6 Å². The zero-order chi connectivity index (χ0) is 18.0. The van der Waals surface area contributed by atoms with Crippen LogP contribution in [-0.2, 0) is 10.0 Å². The molecule has 2 heterocycles. The van der Waals surface area contributed by atoms with E-state index in [2.05, 4.69) is 9.88 Å². The molecule has 0 fully saturated rings. The number of thiophene rings is 1. The van der Waals surface area contributed by atoms with Gasteiger partial charge in [-0.05, 0) is 25.1 Å². The molecule has 0 bridgehead atoms. The molecule has 1 aromatic carbocycles. The Labute approximate surface area is 149 Å². The normalized spacial score (nSPS) is 11.3. The molecule has 0 saturated carbocycles. The Morgan fingerprint density at radius 1 is 1.12 bits per heavy atom. The van der Waals surface area contributed by atoms with Crippen molar-refractivity contribution in [3.63, 3.8) is 0 Å². The molecule has 0 unspecified atom stereocenters. The van der Waals surface area contributed by atoms with Crippen molar-refractivity contribution < 1.29 is 22.4 Å². The maximum Gasteiger partial charge on any atom is 0.263 e. The molecule has 9 heteroatoms. The summed E-state index contributed by atoms with van der Waals surface area (Å²) in [7, 11) is -0.753. The zero-order valence-electron chi connectivity index (χ0n) is 13.8. The summed E-state index contributed by atoms with van der Waals surface area (Å²) in [5, 5.41) is 3.64. The molecule has 3 aromatic rings. The van der Waals surface area contributed by atoms with Gasteiger partial charge in [-0.25, -0.2) is 8.42 Å². The van der Waals surface area contributed by atoms with Crippen LogP contribution in [0.5, 0.6) is 11.5 Å². The number of rotatable bonds is 6. The molecule has 0 aliphatic heterocycles. The highest BCUT2D eigenvalue weighted by atomic mass is 32.2. The van der Waals surface area contributed by atoms with Crippen LogP contribution < -0.4 is 14.2 Å². The van der Waals surface area contributed by atoms with Crippen LogP contribution in [0.3, 0.4) is 0 Å². The molecule has 0 saturated heterocycles. The third kappa shape index (κ3) is 3.47. The smallest absolute Gasteiger partial charge is 0.263 e. The van der Waals surface area contributed by atoms with E-state index in [1.807, 2.05) is 0 Å². The molecule has 0 aliphatic carbocycles. The fraction of sp³-hybridized carbons (Fsp3) is 0.188. The number of sulfonamides is 1. The summed E-state index contributed by atoms with van der Waals surface area (Å²) in [5.41, 5.74) is 0.379. The van der Waals surface area contributed by atoms with E-state index >= 15 is 0 Å². The average Bonchev–Trinajstić information content (AvgIpc) is 3.23. The minimum absolute atomic E-state index is 0.193. The Morgan fingerprint density at radius 3 is 2.52 bits per heavy atom. The number of methoxy groups -OCH3 is 2. The minimum atomic E-state index is -3.76. The summed E-state index contributed by atoms with van der Waals surface area (Å²) in [6, 6.07) is 8.07. The fourth-order valence-corrected chi connectivity index (χ4v) is 4.91. The lowest BCUT2D eigenvalue weighted by molar-refractivity contribution is 0.355. The predicted molar refractivity (Wildman–Crippen MR) is 94.9 cm³/mol. The molecular formula is C16H16N2O5S2. The quantitative estimate of drug-likeness (QED) is 0.703. The highest BCUT2D eigenvalue weighted by Crippen LogP contribution is 2.35. The average molecular weight is 380 g/mol. The van der Waals surface area contributed by atoms with E-state index in [9.17, 15) is 8.42 Å². The Kier molecular flexibility index (Phi) is 4.69. The number of ether oxygens (including phenoxy) is 2. The maximum atomic E-state index is 12.7. The van der Waals surface area contributed by atoms with Crippen molar-refractivity contribution in [1.82, 2.24) is 5.16 Å². The van der Waals surface area contributed by atoms with Gasteiger partial charge in [0.15, 0.2) is 17.3 Å². The fourth-order valence-electron chi connectivity index (χ4n) is 2.31. The third-order valence-electron chi connectivity index (χ3n) is 3.48. The number of benzene rings is 1. The van der Waals surface area contributed by atoms with Crippen LogP contribution >= 0.6 is 11.3 Å². The highest BCUT2D eigenvalue weighted by Gasteiger charge is 2.22. The molecule has 0 spiro atoms. The number of hydrogen-bond donors (Lipinski definition) is 1. The van der Waals surface area contributed by atoms with E-state index in [1.54, 1.807) is 37.3 Å². The summed E-state index contributed by atoms with van der Waals surface area (Å²) in [4.78, 5) is 1.54. The summed E-state index contributed by atoms with van der Waals surface area (Å²) >= 11 is 1.33. The van der Waals surface area contributed by atoms with Gasteiger partial charge in [-0.3, -0.25) is 4.72 Å². The Morgan fingerprint density at radius 2 is 1.88 bits per heavy atom. The number of nitrogens with zero attached hydrogens (tertiary/aromatic N) is 1. The van der Waals surface area contributed by atoms with Crippen LogP contribution in [0.4, 0.5) is 5.69 Å². The van der Waals surface area contributed by atoms with Crippen molar-refractivity contribution in [3.05, 3.63) is 41.4 Å². The van der Waals surface area contributed by atoms with Crippen LogP contribution in [-0.4, -0.2) is 27.8 Å². The first-order valence-electron chi connectivity index (χ1n) is 7.21. The van der Waals surface area contributed by atoms with Crippen molar-refractivity contribution in [2.75, 3.05) is 18.9 Å². The second-order valence-electron chi connectivity index (χ2n) is 5.08. The summed E-state index contributed by atoms with van der Waals surface area (Å²) in [6.07, 6.45) is 1.51. The lowest BCUT2D eigenvalue weighted by atomic mass is 10.3. The maximum absolute atomic E-state index is 12.7. The summed E-state index contributed by atoms with van der Waals surface area (Å²) in [6.45, 7) is 1.74. The standard InChI is InChI=1S/C16H16N2O5S2/c1-10-16(9-15(24-10)13-6-7-17-23-13)25(19,20)18-11-4-5-12(21-2)14(8-11)22-3/h4-9,18H,1-3H3. The molecule has 0 atom stereocenters. The Bertz CT molecular complexity index is 978. The van der Waals surface area contributed by atoms with Gasteiger partial charge in [0.1, 0.15) is 4.90 Å². The Balaban J connectivity index is 1.92. The first-order valence-corrected chi connectivity index (χ1v) is 9.51. The molecule has 0 aliphatic rings. The SMILES string of the molecule is COc1ccc(NS(=O)(=O)c2cc(-c3ccno3)sc2C)cc1OC. The minimum Gasteiger partial charge on any atom is -0.493 e. The highest BCUT2D eigenvalue weighted by molar-refractivity contribution is 7.93. The van der Waals surface area contributed by atoms with E-state index in [0.29, 0.717) is 32.7 Å². The molecular weight excluding hydrogens is 364 g/mol. The number of nitrogens with one attached hydrogen (secondary N) is 1. The second kappa shape index (κ2) is 6.77. The number of anilines is 1. The molecule has 3 rings (SSSR count). The molecule has 132 valence electrons. The van der Waals surface area contributed by atoms with Gasteiger partial charge >= 0.3 is 0 Å². The molecule has 0 radical (unpaired) electrons. The van der Waals surface area contributed by atoms with Gasteiger partial charge in [-0.1, -0.05) is 5.16 Å². The van der Waals surface area contributed by atoms with Gasteiger partial charge in [-0.15, -0.1) is 11.3 Å². The first kappa shape index (κ1) is 17.3. The second-order valence-corrected chi connectivity index (χ2v) is 7.99. The number of hydrogen-bond acceptors (Lipinski definition) is 7. The summed E-state index contributed by atoms with van der Waals surface area (Å²) in [5.74, 6) is 1.48. The monoisotopic (exact) mass is 380 g/mol. The molecule has 0 amide bonds. The largest absolute Gasteiger partial charge is 0.493 e. The van der Waals surface area contributed by atoms with Gasteiger partial charge in [0, 0.05) is 17.0 Å². The van der Waals surface area contributed by atoms with Crippen molar-refractivity contribution in [2.45, 2.75) is 11.8 Å². The van der Waals surface area contributed by atoms with Gasteiger partial charge in [0.2, 0.25) is 0 Å². The van der Waals surface area contributed by atoms with E-state index in [-0.39, 0.29) is 4.90 Å². The number of aromatic nitrogens is 1. The molecule has 1 N–H and O–H groups in total. The van der Waals surface area contributed by atoms with Crippen molar-refractivity contribution in [3.8, 4) is 22.1 Å². The van der Waals surface area contributed by atoms with Gasteiger partial charge in [0.05, 0.1) is 31.0 Å². The van der Waals surface area contributed by atoms with Crippen LogP contribution in [0.15, 0.2) is 45.9 Å². The van der Waals surface area contributed by atoms with Crippen LogP contribution in [0.2, 0.25) is 0 Å². The third-order valence-corrected chi connectivity index (χ3v) is 6.18. The van der Waals surface area contributed by atoms with Crippen LogP contribution in [0, 0.1) is 6.92 Å². The van der Waals surface area contributed by atoms with Crippen LogP contribution in [0.1, 0.15) is 4.88 Å². The van der Waals surface area contributed by atoms with Crippen molar-refractivity contribution in [1.29, 1.82) is 0 Å². The number of aryl methyl sites for hydroxylation is 1. The molecule has 2 aromatic heterocycles. The predicted octanol–water partition coefficient (Wildman–Crippen LogP) is 3.53. The van der Waals surface area contributed by atoms with E-state index in [0.717, 1.165) is 0 Å². The van der Waals surface area contributed by atoms with Crippen molar-refractivity contribution in [2.24, 2.45) is 0 Å². The van der Waals surface area contributed by atoms with Gasteiger partial charge in [-0.2, -0.15) is 0 Å². The molecule has 7 nitrogen and oxygen atoms in total. The van der Waals surface area contributed by atoms with Gasteiger partial charge in [0.25, 0.3) is 10.0 Å². The topological polar surface area (TPSA) is 90.7 Å². The molecule has 25 heavy (non-hydrogen) atoms. The van der Waals surface area contributed by atoms with Gasteiger partial charge < -0.3 is 14.0 Å². The zero-order valence-corrected chi connectivity index (χ0v) is 15.4. The van der Waals surface area contributed by atoms with E-state index in [1.165, 1.54) is 31.8 Å². The summed E-state index contributed by atoms with van der Waals surface area (Å²) < 4.78 is 43.5. The lowest BCUT2D eigenvalue weighted by Crippen LogP contribution is -2.13. The Hall–Kier alpha value is -2.52. The van der Waals surface area contributed by atoms with Crippen molar-refractivity contribution >= 4 is 27.0 Å².